The van der Waals surface area contributed by atoms with E-state index in [2.05, 4.69) is 15.4 Å². The molecule has 1 unspecified atom stereocenters. The summed E-state index contributed by atoms with van der Waals surface area (Å²) in [7, 11) is 1.34. The van der Waals surface area contributed by atoms with Gasteiger partial charge in [-0.05, 0) is 19.9 Å². The smallest absolute Gasteiger partial charge is 0.307 e. The van der Waals surface area contributed by atoms with Gasteiger partial charge in [0.15, 0.2) is 0 Å². The van der Waals surface area contributed by atoms with Crippen LogP contribution in [0.15, 0.2) is 0 Å². The van der Waals surface area contributed by atoms with Crippen LogP contribution in [0.4, 0.5) is 0 Å². The summed E-state index contributed by atoms with van der Waals surface area (Å²) < 4.78 is 4.50. The Kier molecular flexibility index (Phi) is 6.27. The van der Waals surface area contributed by atoms with E-state index < -0.39 is 0 Å². The van der Waals surface area contributed by atoms with E-state index in [1.54, 1.807) is 6.92 Å². The third-order valence-electron chi connectivity index (χ3n) is 2.23. The van der Waals surface area contributed by atoms with Gasteiger partial charge in [-0.15, -0.1) is 12.4 Å². The van der Waals surface area contributed by atoms with Crippen molar-refractivity contribution >= 4 is 24.3 Å². The van der Waals surface area contributed by atoms with E-state index in [1.807, 2.05) is 0 Å². The van der Waals surface area contributed by atoms with E-state index in [-0.39, 0.29) is 42.8 Å². The number of ether oxygens (including phenoxy) is 1. The molecule has 0 aromatic carbocycles. The maximum atomic E-state index is 11.4. The van der Waals surface area contributed by atoms with Crippen molar-refractivity contribution in [3.05, 3.63) is 0 Å². The van der Waals surface area contributed by atoms with Gasteiger partial charge in [-0.2, -0.15) is 0 Å². The van der Waals surface area contributed by atoms with Crippen molar-refractivity contribution in [3.63, 3.8) is 0 Å². The predicted molar refractivity (Wildman–Crippen MR) is 57.9 cm³/mol. The van der Waals surface area contributed by atoms with Crippen LogP contribution in [-0.4, -0.2) is 37.6 Å². The first kappa shape index (κ1) is 14.2. The van der Waals surface area contributed by atoms with Crippen molar-refractivity contribution < 1.29 is 14.3 Å². The zero-order valence-corrected chi connectivity index (χ0v) is 9.73. The zero-order valence-electron chi connectivity index (χ0n) is 8.91. The molecule has 2 N–H and O–H groups in total. The summed E-state index contributed by atoms with van der Waals surface area (Å²) in [5.41, 5.74) is 0. The first-order valence-electron chi connectivity index (χ1n) is 4.74. The van der Waals surface area contributed by atoms with E-state index >= 15 is 0 Å². The van der Waals surface area contributed by atoms with Crippen LogP contribution in [-0.2, 0) is 14.3 Å². The lowest BCUT2D eigenvalue weighted by Gasteiger charge is -2.27. The fourth-order valence-corrected chi connectivity index (χ4v) is 1.24. The maximum absolute atomic E-state index is 11.4. The van der Waals surface area contributed by atoms with E-state index in [0.29, 0.717) is 0 Å². The Balaban J connectivity index is 0.00000196. The van der Waals surface area contributed by atoms with Gasteiger partial charge in [0, 0.05) is 6.04 Å². The van der Waals surface area contributed by atoms with Gasteiger partial charge in [0.1, 0.15) is 0 Å². The Hall–Kier alpha value is -0.810. The molecule has 0 aromatic rings. The van der Waals surface area contributed by atoms with Gasteiger partial charge in [0.2, 0.25) is 5.91 Å². The van der Waals surface area contributed by atoms with Crippen molar-refractivity contribution in [1.29, 1.82) is 0 Å². The van der Waals surface area contributed by atoms with Crippen molar-refractivity contribution in [2.75, 3.05) is 13.7 Å². The van der Waals surface area contributed by atoms with Gasteiger partial charge in [-0.3, -0.25) is 9.59 Å². The molecule has 0 aromatic heterocycles. The van der Waals surface area contributed by atoms with Gasteiger partial charge in [-0.1, -0.05) is 0 Å². The summed E-state index contributed by atoms with van der Waals surface area (Å²) >= 11 is 0. The van der Waals surface area contributed by atoms with Crippen LogP contribution in [0.5, 0.6) is 0 Å². The van der Waals surface area contributed by atoms with Crippen molar-refractivity contribution in [1.82, 2.24) is 10.6 Å². The molecule has 1 amide bonds. The number of carbonyl (C=O) groups is 2. The van der Waals surface area contributed by atoms with Gasteiger partial charge < -0.3 is 15.4 Å². The molecule has 5 nitrogen and oxygen atoms in total. The lowest BCUT2D eigenvalue weighted by molar-refractivity contribution is -0.141. The normalized spacial score (nSPS) is 20.5. The standard InChI is InChI=1S/C9H16N2O3.ClH/c1-6(5-8(12)14-2)11-9(13)7-3-4-10-7;/h6-7,10H,3-5H2,1-2H3,(H,11,13);1H/t6?,7-;/m1./s1. The van der Waals surface area contributed by atoms with E-state index in [9.17, 15) is 9.59 Å². The minimum Gasteiger partial charge on any atom is -0.469 e. The Morgan fingerprint density at radius 3 is 2.60 bits per heavy atom. The number of hydrogen-bond acceptors (Lipinski definition) is 4. The van der Waals surface area contributed by atoms with Crippen molar-refractivity contribution in [3.8, 4) is 0 Å². The minimum absolute atomic E-state index is 0. The molecule has 1 rings (SSSR count). The maximum Gasteiger partial charge on any atom is 0.307 e. The monoisotopic (exact) mass is 236 g/mol. The lowest BCUT2D eigenvalue weighted by Crippen LogP contribution is -2.54. The SMILES string of the molecule is COC(=O)CC(C)NC(=O)[C@H]1CCN1.Cl. The number of methoxy groups -OCH3 is 1. The Labute approximate surface area is 95.3 Å². The fraction of sp³-hybridized carbons (Fsp3) is 0.778. The molecule has 0 radical (unpaired) electrons. The highest BCUT2D eigenvalue weighted by Crippen LogP contribution is 2.02. The molecule has 88 valence electrons. The summed E-state index contributed by atoms with van der Waals surface area (Å²) in [6.07, 6.45) is 1.09. The van der Waals surface area contributed by atoms with E-state index in [0.717, 1.165) is 13.0 Å². The highest BCUT2D eigenvalue weighted by molar-refractivity contribution is 5.85. The van der Waals surface area contributed by atoms with Crippen LogP contribution in [0, 0.1) is 0 Å². The molecule has 1 heterocycles. The minimum atomic E-state index is -0.306. The summed E-state index contributed by atoms with van der Waals surface area (Å²) in [4.78, 5) is 22.2. The molecule has 0 spiro atoms. The quantitative estimate of drug-likeness (QED) is 0.666. The number of halogens is 1. The molecule has 1 fully saturated rings. The third-order valence-corrected chi connectivity index (χ3v) is 2.23. The lowest BCUT2D eigenvalue weighted by atomic mass is 10.1. The van der Waals surface area contributed by atoms with Crippen molar-refractivity contribution in [2.24, 2.45) is 0 Å². The molecule has 1 saturated heterocycles. The third kappa shape index (κ3) is 4.48. The van der Waals surface area contributed by atoms with Crippen LogP contribution < -0.4 is 10.6 Å². The number of rotatable bonds is 4. The second-order valence-electron chi connectivity index (χ2n) is 3.49. The molecule has 0 aliphatic carbocycles. The molecule has 6 heteroatoms. The predicted octanol–water partition coefficient (Wildman–Crippen LogP) is -0.162. The molecule has 2 atom stereocenters. The summed E-state index contributed by atoms with van der Waals surface area (Å²) in [6.45, 7) is 2.68. The van der Waals surface area contributed by atoms with Gasteiger partial charge in [0.05, 0.1) is 19.6 Å². The second-order valence-corrected chi connectivity index (χ2v) is 3.49. The first-order valence-corrected chi connectivity index (χ1v) is 4.74. The number of amides is 1. The van der Waals surface area contributed by atoms with E-state index in [1.165, 1.54) is 7.11 Å². The number of nitrogens with one attached hydrogen (secondary N) is 2. The molecule has 1 aliphatic rings. The molecule has 0 bridgehead atoms. The molecule has 15 heavy (non-hydrogen) atoms. The molecule has 1 aliphatic heterocycles. The molecular weight excluding hydrogens is 220 g/mol. The number of hydrogen-bond donors (Lipinski definition) is 2. The topological polar surface area (TPSA) is 67.4 Å². The highest BCUT2D eigenvalue weighted by Gasteiger charge is 2.25. The number of carbonyl (C=O) groups excluding carboxylic acids is 2. The summed E-state index contributed by atoms with van der Waals surface area (Å²) in [5, 5.41) is 5.73. The van der Waals surface area contributed by atoms with Crippen LogP contribution >= 0.6 is 12.4 Å². The van der Waals surface area contributed by atoms with Gasteiger partial charge in [0.25, 0.3) is 0 Å². The van der Waals surface area contributed by atoms with Gasteiger partial charge >= 0.3 is 5.97 Å². The molecular formula is C9H17ClN2O3. The first-order chi connectivity index (χ1) is 6.63. The van der Waals surface area contributed by atoms with Crippen LogP contribution in [0.2, 0.25) is 0 Å². The Morgan fingerprint density at radius 2 is 2.20 bits per heavy atom. The molecule has 0 saturated carbocycles. The summed E-state index contributed by atoms with van der Waals surface area (Å²) in [6, 6.07) is -0.243. The summed E-state index contributed by atoms with van der Waals surface area (Å²) in [5.74, 6) is -0.341. The van der Waals surface area contributed by atoms with Gasteiger partial charge in [-0.25, -0.2) is 0 Å². The van der Waals surface area contributed by atoms with Crippen LogP contribution in [0.1, 0.15) is 19.8 Å². The highest BCUT2D eigenvalue weighted by atomic mass is 35.5. The Bertz CT molecular complexity index is 231. The number of esters is 1. The average molecular weight is 237 g/mol. The van der Waals surface area contributed by atoms with Crippen molar-refractivity contribution in [2.45, 2.75) is 31.8 Å². The van der Waals surface area contributed by atoms with E-state index in [4.69, 9.17) is 0 Å². The Morgan fingerprint density at radius 1 is 1.60 bits per heavy atom. The second kappa shape index (κ2) is 6.63. The fourth-order valence-electron chi connectivity index (χ4n) is 1.24. The zero-order chi connectivity index (χ0) is 10.6. The average Bonchev–Trinajstić information content (AvgIpc) is 1.99. The largest absolute Gasteiger partial charge is 0.469 e. The van der Waals surface area contributed by atoms with Crippen LogP contribution in [0.25, 0.3) is 0 Å². The van der Waals surface area contributed by atoms with Crippen LogP contribution in [0.3, 0.4) is 0 Å².